The zero-order valence-electron chi connectivity index (χ0n) is 12.1. The largest absolute Gasteiger partial charge is 0.393 e. The molecule has 0 saturated heterocycles. The first-order chi connectivity index (χ1) is 8.71. The van der Waals surface area contributed by atoms with Gasteiger partial charge in [-0.15, -0.1) is 0 Å². The molecule has 0 amide bonds. The molecule has 1 saturated carbocycles. The lowest BCUT2D eigenvalue weighted by molar-refractivity contribution is -0.0303. The highest BCUT2D eigenvalue weighted by Crippen LogP contribution is 2.30. The molecule has 0 heterocycles. The van der Waals surface area contributed by atoms with Crippen LogP contribution in [0.4, 0.5) is 0 Å². The lowest BCUT2D eigenvalue weighted by Crippen LogP contribution is -2.32. The fraction of sp³-hybridized carbons (Fsp3) is 1.00. The maximum Gasteiger partial charge on any atom is 0.0581 e. The third kappa shape index (κ3) is 5.25. The normalized spacial score (nSPS) is 26.5. The van der Waals surface area contributed by atoms with Gasteiger partial charge in [-0.1, -0.05) is 33.1 Å². The third-order valence-corrected chi connectivity index (χ3v) is 4.40. The highest BCUT2D eigenvalue weighted by Gasteiger charge is 2.27. The predicted octanol–water partition coefficient (Wildman–Crippen LogP) is 2.71. The van der Waals surface area contributed by atoms with E-state index in [-0.39, 0.29) is 6.10 Å². The SMILES string of the molecule is CCC(CC)COC1CCCC(C(O)CCN)C1. The van der Waals surface area contributed by atoms with Crippen LogP contribution >= 0.6 is 0 Å². The van der Waals surface area contributed by atoms with Gasteiger partial charge in [-0.05, 0) is 44.1 Å². The van der Waals surface area contributed by atoms with Crippen LogP contribution in [0.2, 0.25) is 0 Å². The van der Waals surface area contributed by atoms with Crippen molar-refractivity contribution >= 4 is 0 Å². The van der Waals surface area contributed by atoms with E-state index in [1.807, 2.05) is 0 Å². The predicted molar refractivity (Wildman–Crippen MR) is 75.4 cm³/mol. The maximum atomic E-state index is 10.0. The molecule has 0 aliphatic heterocycles. The zero-order chi connectivity index (χ0) is 13.4. The molecule has 3 atom stereocenters. The van der Waals surface area contributed by atoms with E-state index in [1.165, 1.54) is 19.3 Å². The molecule has 1 aliphatic carbocycles. The second kappa shape index (κ2) is 8.89. The van der Waals surface area contributed by atoms with Crippen molar-refractivity contribution in [3.63, 3.8) is 0 Å². The quantitative estimate of drug-likeness (QED) is 0.703. The van der Waals surface area contributed by atoms with E-state index in [0.29, 0.717) is 24.5 Å². The molecule has 1 aliphatic rings. The van der Waals surface area contributed by atoms with Crippen molar-refractivity contribution in [2.24, 2.45) is 17.6 Å². The van der Waals surface area contributed by atoms with Crippen molar-refractivity contribution in [2.75, 3.05) is 13.2 Å². The molecule has 1 rings (SSSR count). The minimum atomic E-state index is -0.227. The molecule has 0 aromatic carbocycles. The molecule has 0 aromatic rings. The molecule has 1 fully saturated rings. The average Bonchev–Trinajstić information content (AvgIpc) is 2.40. The Morgan fingerprint density at radius 2 is 2.00 bits per heavy atom. The standard InChI is InChI=1S/C15H31NO2/c1-3-12(4-2)11-18-14-7-5-6-13(10-14)15(17)8-9-16/h12-15,17H,3-11,16H2,1-2H3. The molecule has 0 spiro atoms. The Balaban J connectivity index is 2.30. The van der Waals surface area contributed by atoms with Crippen LogP contribution in [0.3, 0.4) is 0 Å². The highest BCUT2D eigenvalue weighted by molar-refractivity contribution is 4.79. The summed E-state index contributed by atoms with van der Waals surface area (Å²) in [6, 6.07) is 0. The summed E-state index contributed by atoms with van der Waals surface area (Å²) in [5, 5.41) is 10.0. The van der Waals surface area contributed by atoms with Gasteiger partial charge in [0.15, 0.2) is 0 Å². The smallest absolute Gasteiger partial charge is 0.0581 e. The molecule has 0 aromatic heterocycles. The minimum Gasteiger partial charge on any atom is -0.393 e. The van der Waals surface area contributed by atoms with E-state index in [2.05, 4.69) is 13.8 Å². The summed E-state index contributed by atoms with van der Waals surface area (Å²) in [6.45, 7) is 5.92. The van der Waals surface area contributed by atoms with Crippen LogP contribution in [0.1, 0.15) is 58.8 Å². The summed E-state index contributed by atoms with van der Waals surface area (Å²) in [5.74, 6) is 1.09. The van der Waals surface area contributed by atoms with Crippen LogP contribution in [-0.4, -0.2) is 30.5 Å². The van der Waals surface area contributed by atoms with Crippen LogP contribution in [0.5, 0.6) is 0 Å². The van der Waals surface area contributed by atoms with Gasteiger partial charge in [0, 0.05) is 6.61 Å². The van der Waals surface area contributed by atoms with Crippen LogP contribution in [0.15, 0.2) is 0 Å². The molecule has 3 N–H and O–H groups in total. The Morgan fingerprint density at radius 1 is 1.28 bits per heavy atom. The second-order valence-electron chi connectivity index (χ2n) is 5.71. The number of hydrogen-bond donors (Lipinski definition) is 2. The summed E-state index contributed by atoms with van der Waals surface area (Å²) in [4.78, 5) is 0. The van der Waals surface area contributed by atoms with Gasteiger partial charge in [-0.3, -0.25) is 0 Å². The summed E-state index contributed by atoms with van der Waals surface area (Å²) in [7, 11) is 0. The lowest BCUT2D eigenvalue weighted by Gasteiger charge is -2.32. The van der Waals surface area contributed by atoms with E-state index in [9.17, 15) is 5.11 Å². The maximum absolute atomic E-state index is 10.0. The fourth-order valence-corrected chi connectivity index (χ4v) is 2.88. The number of aliphatic hydroxyl groups is 1. The van der Waals surface area contributed by atoms with Crippen LogP contribution < -0.4 is 5.73 Å². The van der Waals surface area contributed by atoms with Gasteiger partial charge in [0.25, 0.3) is 0 Å². The molecular formula is C15H31NO2. The third-order valence-electron chi connectivity index (χ3n) is 4.40. The number of ether oxygens (including phenoxy) is 1. The monoisotopic (exact) mass is 257 g/mol. The second-order valence-corrected chi connectivity index (χ2v) is 5.71. The summed E-state index contributed by atoms with van der Waals surface area (Å²) < 4.78 is 6.04. The van der Waals surface area contributed by atoms with Crippen molar-refractivity contribution in [1.29, 1.82) is 0 Å². The van der Waals surface area contributed by atoms with E-state index >= 15 is 0 Å². The van der Waals surface area contributed by atoms with Gasteiger partial charge in [0.1, 0.15) is 0 Å². The number of nitrogens with two attached hydrogens (primary N) is 1. The van der Waals surface area contributed by atoms with Crippen molar-refractivity contribution in [3.05, 3.63) is 0 Å². The van der Waals surface area contributed by atoms with Crippen molar-refractivity contribution in [2.45, 2.75) is 71.0 Å². The van der Waals surface area contributed by atoms with E-state index in [0.717, 1.165) is 32.3 Å². The Bertz CT molecular complexity index is 207. The molecule has 0 bridgehead atoms. The van der Waals surface area contributed by atoms with E-state index in [1.54, 1.807) is 0 Å². The van der Waals surface area contributed by atoms with Crippen molar-refractivity contribution < 1.29 is 9.84 Å². The van der Waals surface area contributed by atoms with E-state index in [4.69, 9.17) is 10.5 Å². The average molecular weight is 257 g/mol. The topological polar surface area (TPSA) is 55.5 Å². The number of hydrogen-bond acceptors (Lipinski definition) is 3. The van der Waals surface area contributed by atoms with Crippen LogP contribution in [0.25, 0.3) is 0 Å². The Hall–Kier alpha value is -0.120. The van der Waals surface area contributed by atoms with Gasteiger partial charge in [-0.2, -0.15) is 0 Å². The summed E-state index contributed by atoms with van der Waals surface area (Å²) in [6.07, 6.45) is 7.74. The highest BCUT2D eigenvalue weighted by atomic mass is 16.5. The molecule has 108 valence electrons. The molecular weight excluding hydrogens is 226 g/mol. The van der Waals surface area contributed by atoms with Crippen molar-refractivity contribution in [1.82, 2.24) is 0 Å². The first-order valence-electron chi connectivity index (χ1n) is 7.70. The van der Waals surface area contributed by atoms with Gasteiger partial charge in [0.05, 0.1) is 12.2 Å². The first kappa shape index (κ1) is 15.9. The molecule has 3 unspecified atom stereocenters. The van der Waals surface area contributed by atoms with Crippen LogP contribution in [0, 0.1) is 11.8 Å². The summed E-state index contributed by atoms with van der Waals surface area (Å²) >= 11 is 0. The van der Waals surface area contributed by atoms with Crippen LogP contribution in [-0.2, 0) is 4.74 Å². The molecule has 3 nitrogen and oxygen atoms in total. The molecule has 0 radical (unpaired) electrons. The molecule has 18 heavy (non-hydrogen) atoms. The first-order valence-corrected chi connectivity index (χ1v) is 7.70. The van der Waals surface area contributed by atoms with E-state index < -0.39 is 0 Å². The Morgan fingerprint density at radius 3 is 2.61 bits per heavy atom. The van der Waals surface area contributed by atoms with Gasteiger partial charge in [-0.25, -0.2) is 0 Å². The Kier molecular flexibility index (Phi) is 7.87. The molecule has 3 heteroatoms. The Labute approximate surface area is 112 Å². The lowest BCUT2D eigenvalue weighted by atomic mass is 9.82. The fourth-order valence-electron chi connectivity index (χ4n) is 2.88. The number of aliphatic hydroxyl groups excluding tert-OH is 1. The zero-order valence-corrected chi connectivity index (χ0v) is 12.1. The minimum absolute atomic E-state index is 0.227. The van der Waals surface area contributed by atoms with Gasteiger partial charge < -0.3 is 15.6 Å². The van der Waals surface area contributed by atoms with Crippen molar-refractivity contribution in [3.8, 4) is 0 Å². The van der Waals surface area contributed by atoms with Gasteiger partial charge >= 0.3 is 0 Å². The van der Waals surface area contributed by atoms with Gasteiger partial charge in [0.2, 0.25) is 0 Å². The number of rotatable bonds is 8. The summed E-state index contributed by atoms with van der Waals surface area (Å²) in [5.41, 5.74) is 5.51.